The van der Waals surface area contributed by atoms with Gasteiger partial charge >= 0.3 is 0 Å². The van der Waals surface area contributed by atoms with E-state index in [1.54, 1.807) is 31.2 Å². The first-order chi connectivity index (χ1) is 12.2. The van der Waals surface area contributed by atoms with Crippen molar-refractivity contribution in [2.24, 2.45) is 13.0 Å². The molecule has 0 saturated carbocycles. The van der Waals surface area contributed by atoms with Gasteiger partial charge in [0.15, 0.2) is 0 Å². The Labute approximate surface area is 147 Å². The molecule has 25 heavy (non-hydrogen) atoms. The topological polar surface area (TPSA) is 85.2 Å². The summed E-state index contributed by atoms with van der Waals surface area (Å²) in [6, 6.07) is 0. The van der Waals surface area contributed by atoms with Crippen molar-refractivity contribution in [1.82, 2.24) is 30.0 Å². The average Bonchev–Trinajstić information content (AvgIpc) is 3.08. The van der Waals surface area contributed by atoms with Gasteiger partial charge in [-0.3, -0.25) is 14.4 Å². The highest BCUT2D eigenvalue weighted by Crippen LogP contribution is 2.21. The Hall–Kier alpha value is -2.48. The Balaban J connectivity index is 1.43. The van der Waals surface area contributed by atoms with Crippen molar-refractivity contribution >= 4 is 5.91 Å². The number of piperidine rings is 1. The first-order valence-corrected chi connectivity index (χ1v) is 8.47. The molecule has 0 atom stereocenters. The van der Waals surface area contributed by atoms with E-state index >= 15 is 0 Å². The average molecular weight is 344 g/mol. The zero-order valence-corrected chi connectivity index (χ0v) is 14.7. The van der Waals surface area contributed by atoms with E-state index in [1.807, 2.05) is 6.20 Å². The number of nitrogens with one attached hydrogen (secondary N) is 1. The number of aromatic nitrogens is 4. The molecule has 1 N–H and O–H groups in total. The zero-order chi connectivity index (χ0) is 17.6. The van der Waals surface area contributed by atoms with Crippen molar-refractivity contribution in [3.8, 4) is 5.88 Å². The van der Waals surface area contributed by atoms with Crippen LogP contribution in [0.15, 0.2) is 24.9 Å². The number of amides is 1. The van der Waals surface area contributed by atoms with Crippen LogP contribution in [0.3, 0.4) is 0 Å². The minimum Gasteiger partial charge on any atom is -0.481 e. The normalized spacial score (nSPS) is 15.9. The van der Waals surface area contributed by atoms with E-state index in [0.29, 0.717) is 23.9 Å². The van der Waals surface area contributed by atoms with E-state index in [0.717, 1.165) is 38.0 Å². The van der Waals surface area contributed by atoms with Crippen LogP contribution in [-0.4, -0.2) is 57.3 Å². The lowest BCUT2D eigenvalue weighted by molar-refractivity contribution is 0.0935. The van der Waals surface area contributed by atoms with Gasteiger partial charge in [-0.2, -0.15) is 5.10 Å². The highest BCUT2D eigenvalue weighted by Gasteiger charge is 2.21. The van der Waals surface area contributed by atoms with Crippen LogP contribution >= 0.6 is 0 Å². The summed E-state index contributed by atoms with van der Waals surface area (Å²) in [5, 5.41) is 7.04. The van der Waals surface area contributed by atoms with Crippen molar-refractivity contribution in [3.05, 3.63) is 36.0 Å². The molecule has 1 fully saturated rings. The number of likely N-dealkylation sites (tertiary alicyclic amines) is 1. The monoisotopic (exact) mass is 344 g/mol. The Kier molecular flexibility index (Phi) is 5.60. The number of methoxy groups -OCH3 is 1. The van der Waals surface area contributed by atoms with Gasteiger partial charge in [-0.1, -0.05) is 0 Å². The van der Waals surface area contributed by atoms with Crippen molar-refractivity contribution < 1.29 is 9.53 Å². The van der Waals surface area contributed by atoms with Gasteiger partial charge in [0, 0.05) is 38.1 Å². The second-order valence-electron chi connectivity index (χ2n) is 6.39. The number of carbonyl (C=O) groups excluding carboxylic acids is 1. The van der Waals surface area contributed by atoms with Crippen molar-refractivity contribution in [2.75, 3.05) is 26.7 Å². The van der Waals surface area contributed by atoms with Crippen molar-refractivity contribution in [3.63, 3.8) is 0 Å². The van der Waals surface area contributed by atoms with Gasteiger partial charge in [-0.15, -0.1) is 0 Å². The third-order valence-electron chi connectivity index (χ3n) is 4.56. The van der Waals surface area contributed by atoms with Crippen LogP contribution in [-0.2, 0) is 13.6 Å². The third kappa shape index (κ3) is 4.54. The summed E-state index contributed by atoms with van der Waals surface area (Å²) < 4.78 is 6.92. The number of aryl methyl sites for hydroxylation is 1. The summed E-state index contributed by atoms with van der Waals surface area (Å²) >= 11 is 0. The fourth-order valence-electron chi connectivity index (χ4n) is 3.11. The molecular formula is C17H24N6O2. The summed E-state index contributed by atoms with van der Waals surface area (Å²) in [4.78, 5) is 22.7. The van der Waals surface area contributed by atoms with Gasteiger partial charge in [-0.25, -0.2) is 9.97 Å². The summed E-state index contributed by atoms with van der Waals surface area (Å²) in [7, 11) is 3.43. The van der Waals surface area contributed by atoms with E-state index in [2.05, 4.69) is 25.3 Å². The largest absolute Gasteiger partial charge is 0.481 e. The summed E-state index contributed by atoms with van der Waals surface area (Å²) in [5.41, 5.74) is 1.62. The summed E-state index contributed by atoms with van der Waals surface area (Å²) in [6.45, 7) is 3.48. The maximum Gasteiger partial charge on any atom is 0.254 e. The molecule has 0 aliphatic carbocycles. The number of hydrogen-bond donors (Lipinski definition) is 1. The summed E-state index contributed by atoms with van der Waals surface area (Å²) in [6.07, 6.45) is 8.75. The van der Waals surface area contributed by atoms with Crippen LogP contribution in [0, 0.1) is 5.92 Å². The molecule has 1 amide bonds. The van der Waals surface area contributed by atoms with Gasteiger partial charge in [0.05, 0.1) is 18.9 Å². The molecular weight excluding hydrogens is 320 g/mol. The SMILES string of the molecule is COc1ncncc1CN1CCC(CNC(=O)c2cnn(C)c2)CC1. The fourth-order valence-corrected chi connectivity index (χ4v) is 3.11. The zero-order valence-electron chi connectivity index (χ0n) is 14.7. The molecule has 0 spiro atoms. The second-order valence-corrected chi connectivity index (χ2v) is 6.39. The maximum absolute atomic E-state index is 12.1. The van der Waals surface area contributed by atoms with E-state index in [4.69, 9.17) is 4.74 Å². The second kappa shape index (κ2) is 8.06. The smallest absolute Gasteiger partial charge is 0.254 e. The minimum absolute atomic E-state index is 0.0540. The van der Waals surface area contributed by atoms with Crippen LogP contribution in [0.1, 0.15) is 28.8 Å². The molecule has 3 heterocycles. The molecule has 2 aromatic heterocycles. The van der Waals surface area contributed by atoms with Crippen LogP contribution in [0.25, 0.3) is 0 Å². The molecule has 0 radical (unpaired) electrons. The van der Waals surface area contributed by atoms with E-state index in [-0.39, 0.29) is 5.91 Å². The first-order valence-electron chi connectivity index (χ1n) is 8.47. The van der Waals surface area contributed by atoms with Gasteiger partial charge in [-0.05, 0) is 31.8 Å². The molecule has 8 nitrogen and oxygen atoms in total. The lowest BCUT2D eigenvalue weighted by Gasteiger charge is -2.32. The molecule has 0 bridgehead atoms. The van der Waals surface area contributed by atoms with Crippen LogP contribution in [0.4, 0.5) is 0 Å². The molecule has 1 aliphatic rings. The Morgan fingerprint density at radius 2 is 2.16 bits per heavy atom. The molecule has 8 heteroatoms. The molecule has 3 rings (SSSR count). The fraction of sp³-hybridized carbons (Fsp3) is 0.529. The molecule has 1 saturated heterocycles. The van der Waals surface area contributed by atoms with E-state index in [9.17, 15) is 4.79 Å². The molecule has 134 valence electrons. The molecule has 1 aliphatic heterocycles. The standard InChI is InChI=1S/C17H24N6O2/c1-22-10-14(9-21-22)16(24)19-7-13-3-5-23(6-4-13)11-15-8-18-12-20-17(15)25-2/h8-10,12-13H,3-7,11H2,1-2H3,(H,19,24). The van der Waals surface area contributed by atoms with E-state index < -0.39 is 0 Å². The minimum atomic E-state index is -0.0540. The summed E-state index contributed by atoms with van der Waals surface area (Å²) in [5.74, 6) is 1.09. The lowest BCUT2D eigenvalue weighted by Crippen LogP contribution is -2.38. The highest BCUT2D eigenvalue weighted by molar-refractivity contribution is 5.93. The Morgan fingerprint density at radius 3 is 2.84 bits per heavy atom. The van der Waals surface area contributed by atoms with Crippen molar-refractivity contribution in [1.29, 1.82) is 0 Å². The van der Waals surface area contributed by atoms with Crippen molar-refractivity contribution in [2.45, 2.75) is 19.4 Å². The third-order valence-corrected chi connectivity index (χ3v) is 4.56. The number of ether oxygens (including phenoxy) is 1. The van der Waals surface area contributed by atoms with Gasteiger partial charge in [0.1, 0.15) is 6.33 Å². The molecule has 0 unspecified atom stereocenters. The van der Waals surface area contributed by atoms with Gasteiger partial charge in [0.2, 0.25) is 5.88 Å². The van der Waals surface area contributed by atoms with E-state index in [1.165, 1.54) is 6.33 Å². The molecule has 0 aromatic carbocycles. The van der Waals surface area contributed by atoms with Crippen LogP contribution in [0.2, 0.25) is 0 Å². The quantitative estimate of drug-likeness (QED) is 0.837. The molecule has 2 aromatic rings. The predicted octanol–water partition coefficient (Wildman–Crippen LogP) is 0.861. The van der Waals surface area contributed by atoms with Gasteiger partial charge in [0.25, 0.3) is 5.91 Å². The number of rotatable bonds is 6. The highest BCUT2D eigenvalue weighted by atomic mass is 16.5. The first kappa shape index (κ1) is 17.3. The number of nitrogens with zero attached hydrogens (tertiary/aromatic N) is 5. The maximum atomic E-state index is 12.1. The van der Waals surface area contributed by atoms with Crippen LogP contribution < -0.4 is 10.1 Å². The predicted molar refractivity (Wildman–Crippen MR) is 92.1 cm³/mol. The number of hydrogen-bond acceptors (Lipinski definition) is 6. The lowest BCUT2D eigenvalue weighted by atomic mass is 9.96. The van der Waals surface area contributed by atoms with Crippen LogP contribution in [0.5, 0.6) is 5.88 Å². The van der Waals surface area contributed by atoms with Gasteiger partial charge < -0.3 is 10.1 Å². The number of carbonyl (C=O) groups is 1. The Bertz CT molecular complexity index is 709. The Morgan fingerprint density at radius 1 is 1.36 bits per heavy atom.